The molecule has 4 atom stereocenters. The van der Waals surface area contributed by atoms with Crippen LogP contribution >= 0.6 is 11.8 Å². The Labute approximate surface area is 175 Å². The lowest BCUT2D eigenvalue weighted by molar-refractivity contribution is -0.131. The molecule has 5 N–H and O–H groups in total. The summed E-state index contributed by atoms with van der Waals surface area (Å²) in [6.07, 6.45) is 1.63. The van der Waals surface area contributed by atoms with Gasteiger partial charge in [-0.05, 0) is 23.8 Å². The zero-order chi connectivity index (χ0) is 21.3. The number of aliphatic hydroxyl groups is 2. The summed E-state index contributed by atoms with van der Waals surface area (Å²) < 4.78 is 7.45. The molecule has 1 saturated heterocycles. The number of rotatable bonds is 6. The fourth-order valence-electron chi connectivity index (χ4n) is 3.17. The number of imidazole rings is 1. The first-order valence-electron chi connectivity index (χ1n) is 9.02. The average Bonchev–Trinajstić information content (AvgIpc) is 3.28. The molecule has 10 nitrogen and oxygen atoms in total. The molecule has 0 saturated carbocycles. The molecular weight excluding hydrogens is 410 g/mol. The van der Waals surface area contributed by atoms with Crippen molar-refractivity contribution < 1.29 is 24.9 Å². The second-order valence-electron chi connectivity index (χ2n) is 6.68. The minimum atomic E-state index is -1.16. The van der Waals surface area contributed by atoms with Crippen LogP contribution in [0.3, 0.4) is 0 Å². The fourth-order valence-corrected chi connectivity index (χ4v) is 4.13. The smallest absolute Gasteiger partial charge is 0.328 e. The number of carboxylic acid groups (broad SMARTS) is 1. The van der Waals surface area contributed by atoms with E-state index < -0.39 is 30.5 Å². The number of carboxylic acids is 1. The standard InChI is InChI=1S/C19H19N5O5S/c20-17-14-18(22-8-21-17)24(9-23-14)19-16(28)15(27)12(29-19)7-30-11-4-1-10(2-5-11)3-6-13(25)26/h1-6,8-9,12,15-16,19,27-28H,7H2,(H,25,26)(H2,20,21,22)/b6-3+/t12-,15-,16-,19-/m1/s1. The van der Waals surface area contributed by atoms with Crippen LogP contribution in [-0.2, 0) is 9.53 Å². The molecule has 30 heavy (non-hydrogen) atoms. The molecule has 3 heterocycles. The summed E-state index contributed by atoms with van der Waals surface area (Å²) in [6.45, 7) is 0. The highest BCUT2D eigenvalue weighted by atomic mass is 32.2. The molecule has 0 amide bonds. The van der Waals surface area contributed by atoms with E-state index in [4.69, 9.17) is 15.6 Å². The first-order valence-corrected chi connectivity index (χ1v) is 10.0. The van der Waals surface area contributed by atoms with Gasteiger partial charge in [-0.1, -0.05) is 12.1 Å². The van der Waals surface area contributed by atoms with Gasteiger partial charge in [-0.15, -0.1) is 11.8 Å². The molecule has 156 valence electrons. The third kappa shape index (κ3) is 4.00. The molecule has 0 spiro atoms. The van der Waals surface area contributed by atoms with Crippen LogP contribution in [0.25, 0.3) is 17.2 Å². The van der Waals surface area contributed by atoms with Gasteiger partial charge in [0.2, 0.25) is 0 Å². The maximum atomic E-state index is 10.6. The first-order chi connectivity index (χ1) is 14.4. The van der Waals surface area contributed by atoms with E-state index >= 15 is 0 Å². The number of fused-ring (bicyclic) bond motifs is 1. The zero-order valence-corrected chi connectivity index (χ0v) is 16.4. The van der Waals surface area contributed by atoms with Crippen molar-refractivity contribution in [2.75, 3.05) is 11.5 Å². The quantitative estimate of drug-likeness (QED) is 0.328. The number of aliphatic carboxylic acids is 1. The van der Waals surface area contributed by atoms with Crippen molar-refractivity contribution >= 4 is 40.8 Å². The number of aromatic nitrogens is 4. The molecule has 1 fully saturated rings. The molecule has 0 bridgehead atoms. The van der Waals surface area contributed by atoms with Gasteiger partial charge in [0.25, 0.3) is 0 Å². The highest BCUT2D eigenvalue weighted by molar-refractivity contribution is 7.99. The van der Waals surface area contributed by atoms with Crippen LogP contribution in [-0.4, -0.2) is 64.9 Å². The van der Waals surface area contributed by atoms with Crippen LogP contribution < -0.4 is 5.73 Å². The Bertz CT molecular complexity index is 1090. The van der Waals surface area contributed by atoms with Gasteiger partial charge in [0.05, 0.1) is 12.4 Å². The van der Waals surface area contributed by atoms with Crippen LogP contribution in [0.2, 0.25) is 0 Å². The third-order valence-corrected chi connectivity index (χ3v) is 5.81. The highest BCUT2D eigenvalue weighted by Crippen LogP contribution is 2.34. The molecule has 2 aromatic heterocycles. The van der Waals surface area contributed by atoms with Gasteiger partial charge in [-0.2, -0.15) is 0 Å². The number of anilines is 1. The lowest BCUT2D eigenvalue weighted by Crippen LogP contribution is -2.32. The molecule has 1 aromatic carbocycles. The highest BCUT2D eigenvalue weighted by Gasteiger charge is 2.44. The van der Waals surface area contributed by atoms with E-state index in [2.05, 4.69) is 15.0 Å². The van der Waals surface area contributed by atoms with Gasteiger partial charge in [-0.25, -0.2) is 19.7 Å². The second kappa shape index (κ2) is 8.40. The Morgan fingerprint density at radius 1 is 1.20 bits per heavy atom. The van der Waals surface area contributed by atoms with E-state index in [0.717, 1.165) is 16.5 Å². The summed E-state index contributed by atoms with van der Waals surface area (Å²) in [5.74, 6) is -0.378. The van der Waals surface area contributed by atoms with Crippen LogP contribution in [0.4, 0.5) is 5.82 Å². The summed E-state index contributed by atoms with van der Waals surface area (Å²) in [5, 5.41) is 29.6. The summed E-state index contributed by atoms with van der Waals surface area (Å²) in [6, 6.07) is 7.30. The number of aliphatic hydroxyl groups excluding tert-OH is 2. The Balaban J connectivity index is 1.43. The Morgan fingerprint density at radius 2 is 1.97 bits per heavy atom. The minimum absolute atomic E-state index is 0.223. The second-order valence-corrected chi connectivity index (χ2v) is 7.77. The van der Waals surface area contributed by atoms with Gasteiger partial charge >= 0.3 is 5.97 Å². The number of ether oxygens (including phenoxy) is 1. The van der Waals surface area contributed by atoms with Crippen molar-refractivity contribution in [3.05, 3.63) is 48.6 Å². The Hall–Kier alpha value is -2.99. The predicted octanol–water partition coefficient (Wildman–Crippen LogP) is 0.918. The number of benzene rings is 1. The SMILES string of the molecule is Nc1ncnc2c1ncn2[C@@H]1O[C@H](CSc2ccc(/C=C/C(=O)O)cc2)[C@@H](O)[C@H]1O. The summed E-state index contributed by atoms with van der Waals surface area (Å²) in [4.78, 5) is 23.7. The van der Waals surface area contributed by atoms with Crippen molar-refractivity contribution in [3.8, 4) is 0 Å². The first kappa shape index (κ1) is 20.3. The molecular formula is C19H19N5O5S. The van der Waals surface area contributed by atoms with E-state index in [0.29, 0.717) is 16.9 Å². The van der Waals surface area contributed by atoms with Crippen LogP contribution in [0.5, 0.6) is 0 Å². The van der Waals surface area contributed by atoms with Crippen LogP contribution in [0.1, 0.15) is 11.8 Å². The van der Waals surface area contributed by atoms with Crippen molar-refractivity contribution in [2.24, 2.45) is 0 Å². The normalized spacial score (nSPS) is 24.1. The van der Waals surface area contributed by atoms with E-state index in [9.17, 15) is 15.0 Å². The summed E-state index contributed by atoms with van der Waals surface area (Å²) >= 11 is 1.45. The molecule has 0 radical (unpaired) electrons. The minimum Gasteiger partial charge on any atom is -0.478 e. The van der Waals surface area contributed by atoms with E-state index in [1.54, 1.807) is 12.1 Å². The van der Waals surface area contributed by atoms with Gasteiger partial charge in [0.15, 0.2) is 17.7 Å². The zero-order valence-electron chi connectivity index (χ0n) is 15.6. The number of thioether (sulfide) groups is 1. The third-order valence-electron chi connectivity index (χ3n) is 4.71. The summed E-state index contributed by atoms with van der Waals surface area (Å²) in [5.41, 5.74) is 7.38. The van der Waals surface area contributed by atoms with Gasteiger partial charge in [-0.3, -0.25) is 4.57 Å². The van der Waals surface area contributed by atoms with Gasteiger partial charge in [0.1, 0.15) is 24.1 Å². The van der Waals surface area contributed by atoms with E-state index in [1.165, 1.54) is 35.1 Å². The lowest BCUT2D eigenvalue weighted by Gasteiger charge is -2.16. The van der Waals surface area contributed by atoms with Gasteiger partial charge < -0.3 is 25.8 Å². The number of nitrogen functional groups attached to an aromatic ring is 1. The molecule has 0 unspecified atom stereocenters. The van der Waals surface area contributed by atoms with Crippen LogP contribution in [0.15, 0.2) is 47.9 Å². The monoisotopic (exact) mass is 429 g/mol. The number of nitrogens with zero attached hydrogens (tertiary/aromatic N) is 4. The Kier molecular flexibility index (Phi) is 5.68. The largest absolute Gasteiger partial charge is 0.478 e. The van der Waals surface area contributed by atoms with Crippen molar-refractivity contribution in [1.82, 2.24) is 19.5 Å². The average molecular weight is 429 g/mol. The number of hydrogen-bond donors (Lipinski definition) is 4. The lowest BCUT2D eigenvalue weighted by atomic mass is 10.1. The molecule has 1 aliphatic rings. The number of nitrogens with two attached hydrogens (primary N) is 1. The predicted molar refractivity (Wildman–Crippen MR) is 109 cm³/mol. The van der Waals surface area contributed by atoms with Crippen molar-refractivity contribution in [1.29, 1.82) is 0 Å². The Morgan fingerprint density at radius 3 is 2.70 bits per heavy atom. The van der Waals surface area contributed by atoms with Crippen LogP contribution in [0, 0.1) is 0 Å². The van der Waals surface area contributed by atoms with Crippen molar-refractivity contribution in [3.63, 3.8) is 0 Å². The topological polar surface area (TPSA) is 157 Å². The maximum Gasteiger partial charge on any atom is 0.328 e. The molecule has 0 aliphatic carbocycles. The van der Waals surface area contributed by atoms with Gasteiger partial charge in [0, 0.05) is 16.7 Å². The van der Waals surface area contributed by atoms with E-state index in [-0.39, 0.29) is 5.82 Å². The number of hydrogen-bond acceptors (Lipinski definition) is 9. The molecule has 1 aliphatic heterocycles. The number of carbonyl (C=O) groups is 1. The van der Waals surface area contributed by atoms with Crippen molar-refractivity contribution in [2.45, 2.75) is 29.4 Å². The maximum absolute atomic E-state index is 10.6. The molecule has 3 aromatic rings. The van der Waals surface area contributed by atoms with E-state index in [1.807, 2.05) is 12.1 Å². The molecule has 11 heteroatoms. The fraction of sp³-hybridized carbons (Fsp3) is 0.263. The molecule has 4 rings (SSSR count). The summed E-state index contributed by atoms with van der Waals surface area (Å²) in [7, 11) is 0.